The van der Waals surface area contributed by atoms with Crippen LogP contribution in [-0.2, 0) is 9.59 Å². The first-order chi connectivity index (χ1) is 11.8. The van der Waals surface area contributed by atoms with Crippen LogP contribution in [0.15, 0.2) is 0 Å². The molecule has 0 aromatic heterocycles. The smallest absolute Gasteiger partial charge is 1.00 e. The summed E-state index contributed by atoms with van der Waals surface area (Å²) in [6.07, 6.45) is -15.7. The van der Waals surface area contributed by atoms with Crippen LogP contribution in [-0.4, -0.2) is 135 Å². The first kappa shape index (κ1) is 31.2. The molecule has 0 rings (SSSR count). The number of hydrogen-bond acceptors (Lipinski definition) is 12. The van der Waals surface area contributed by atoms with Gasteiger partial charge in [-0.2, -0.15) is 0 Å². The number of aliphatic hydroxyl groups excluding tert-OH is 10. The molecule has 0 fully saturated rings. The zero-order chi connectivity index (χ0) is 21.2. The predicted octanol–water partition coefficient (Wildman–Crippen LogP) is -9.87. The van der Waals surface area contributed by atoms with Gasteiger partial charge >= 0.3 is 41.5 Å². The molecule has 0 radical (unpaired) electrons. The Morgan fingerprint density at radius 2 is 0.815 bits per heavy atom. The summed E-state index contributed by atoms with van der Waals surface area (Å²) in [4.78, 5) is 20.2. The number of hydrogen-bond donors (Lipinski definition) is 12. The molecule has 0 saturated heterocycles. The van der Waals surface area contributed by atoms with Gasteiger partial charge in [0.05, 0.1) is 13.2 Å². The predicted molar refractivity (Wildman–Crippen MR) is 78.6 cm³/mol. The van der Waals surface area contributed by atoms with Crippen molar-refractivity contribution in [2.75, 3.05) is 13.2 Å². The third-order valence-corrected chi connectivity index (χ3v) is 3.02. The number of aliphatic hydroxyl groups is 10. The molecule has 0 spiro atoms. The molecule has 12 N–H and O–H groups in total. The number of carboxylic acids is 2. The molecule has 0 aliphatic rings. The van der Waals surface area contributed by atoms with Crippen LogP contribution in [0.3, 0.4) is 0 Å². The molecule has 0 aromatic rings. The van der Waals surface area contributed by atoms with E-state index in [1.54, 1.807) is 0 Å². The second kappa shape index (κ2) is 15.5. The van der Waals surface area contributed by atoms with Crippen molar-refractivity contribution in [1.29, 1.82) is 0 Å². The molecule has 0 aliphatic heterocycles. The van der Waals surface area contributed by atoms with Crippen LogP contribution in [0.2, 0.25) is 0 Å². The molecule has 0 aromatic carbocycles. The van der Waals surface area contributed by atoms with Gasteiger partial charge in [0.1, 0.15) is 36.6 Å². The SMILES string of the molecule is O=C(O)[C@H](O)[C@@H](O)[C@H](O)[C@H](O)CO.O=C(O)[C@H](O)[C@@H](O)[C@H](O)[C@H](O)CO.[H-].[Na+]. The normalized spacial score (nSPS) is 19.6. The van der Waals surface area contributed by atoms with Crippen molar-refractivity contribution < 1.29 is 102 Å². The van der Waals surface area contributed by atoms with Crippen LogP contribution in [0.4, 0.5) is 0 Å². The van der Waals surface area contributed by atoms with E-state index in [-0.39, 0.29) is 31.0 Å². The maximum Gasteiger partial charge on any atom is 1.00 e. The molecular weight excluding hydrogens is 391 g/mol. The molecule has 0 aliphatic carbocycles. The topological polar surface area (TPSA) is 277 Å². The van der Waals surface area contributed by atoms with Gasteiger partial charge in [0, 0.05) is 0 Å². The third kappa shape index (κ3) is 11.2. The van der Waals surface area contributed by atoms with E-state index in [9.17, 15) is 9.59 Å². The molecule has 158 valence electrons. The Kier molecular flexibility index (Phi) is 17.9. The Hall–Kier alpha value is -0.460. The van der Waals surface area contributed by atoms with Crippen molar-refractivity contribution in [3.05, 3.63) is 0 Å². The van der Waals surface area contributed by atoms with Crippen molar-refractivity contribution in [2.45, 2.75) is 48.8 Å². The largest absolute Gasteiger partial charge is 1.00 e. The molecular formula is C12H25NaO14. The van der Waals surface area contributed by atoms with Crippen LogP contribution in [0.25, 0.3) is 0 Å². The first-order valence-corrected chi connectivity index (χ1v) is 6.95. The van der Waals surface area contributed by atoms with Gasteiger partial charge in [-0.3, -0.25) is 0 Å². The Bertz CT molecular complexity index is 391. The monoisotopic (exact) mass is 416 g/mol. The van der Waals surface area contributed by atoms with E-state index in [0.29, 0.717) is 0 Å². The summed E-state index contributed by atoms with van der Waals surface area (Å²) in [5, 5.41) is 104. The van der Waals surface area contributed by atoms with Crippen molar-refractivity contribution >= 4 is 11.9 Å². The fraction of sp³-hybridized carbons (Fsp3) is 0.833. The van der Waals surface area contributed by atoms with Gasteiger partial charge < -0.3 is 62.7 Å². The second-order valence-corrected chi connectivity index (χ2v) is 5.03. The van der Waals surface area contributed by atoms with Crippen molar-refractivity contribution in [2.24, 2.45) is 0 Å². The van der Waals surface area contributed by atoms with Crippen LogP contribution in [0.5, 0.6) is 0 Å². The van der Waals surface area contributed by atoms with Crippen molar-refractivity contribution in [3.8, 4) is 0 Å². The van der Waals surface area contributed by atoms with Crippen LogP contribution >= 0.6 is 0 Å². The van der Waals surface area contributed by atoms with E-state index < -0.39 is 74.0 Å². The van der Waals surface area contributed by atoms with Crippen molar-refractivity contribution in [3.63, 3.8) is 0 Å². The molecule has 0 heterocycles. The number of aliphatic carboxylic acids is 2. The molecule has 15 heteroatoms. The number of carbonyl (C=O) groups is 2. The summed E-state index contributed by atoms with van der Waals surface area (Å²) in [6.45, 7) is -1.69. The third-order valence-electron chi connectivity index (χ3n) is 3.02. The molecule has 14 nitrogen and oxygen atoms in total. The minimum absolute atomic E-state index is 0. The second-order valence-electron chi connectivity index (χ2n) is 5.03. The Morgan fingerprint density at radius 1 is 0.593 bits per heavy atom. The molecule has 0 saturated carbocycles. The van der Waals surface area contributed by atoms with Gasteiger partial charge in [-0.1, -0.05) is 0 Å². The Balaban J connectivity index is -0.000000192. The van der Waals surface area contributed by atoms with Gasteiger partial charge in [0.25, 0.3) is 0 Å². The van der Waals surface area contributed by atoms with E-state index in [1.807, 2.05) is 0 Å². The zero-order valence-electron chi connectivity index (χ0n) is 15.2. The molecule has 8 atom stereocenters. The van der Waals surface area contributed by atoms with E-state index in [2.05, 4.69) is 0 Å². The fourth-order valence-electron chi connectivity index (χ4n) is 1.34. The average Bonchev–Trinajstić information content (AvgIpc) is 2.62. The molecule has 0 unspecified atom stereocenters. The maximum atomic E-state index is 10.1. The van der Waals surface area contributed by atoms with Crippen LogP contribution in [0.1, 0.15) is 1.43 Å². The molecule has 27 heavy (non-hydrogen) atoms. The van der Waals surface area contributed by atoms with Crippen LogP contribution < -0.4 is 29.6 Å². The number of carboxylic acid groups (broad SMARTS) is 2. The summed E-state index contributed by atoms with van der Waals surface area (Å²) in [6, 6.07) is 0. The van der Waals surface area contributed by atoms with E-state index in [4.69, 9.17) is 61.3 Å². The van der Waals surface area contributed by atoms with E-state index in [1.165, 1.54) is 0 Å². The van der Waals surface area contributed by atoms with E-state index in [0.717, 1.165) is 0 Å². The summed E-state index contributed by atoms with van der Waals surface area (Å²) in [5.41, 5.74) is 0. The summed E-state index contributed by atoms with van der Waals surface area (Å²) in [5.74, 6) is -3.45. The zero-order valence-corrected chi connectivity index (χ0v) is 16.2. The van der Waals surface area contributed by atoms with Gasteiger partial charge in [0.15, 0.2) is 12.2 Å². The standard InChI is InChI=1S/2C6H12O7.Na.H/c2*7-1-2(8)3(9)4(10)5(11)6(12)13;;/h2*2-5,7-11H,1H2,(H,12,13);;/q;;+1;-1/t2*2-,3-,4+,5-;;/m11../s1. The quantitative estimate of drug-likeness (QED) is 0.147. The first-order valence-electron chi connectivity index (χ1n) is 6.95. The molecule has 0 amide bonds. The van der Waals surface area contributed by atoms with Gasteiger partial charge in [-0.05, 0) is 0 Å². The van der Waals surface area contributed by atoms with Crippen molar-refractivity contribution in [1.82, 2.24) is 0 Å². The average molecular weight is 416 g/mol. The summed E-state index contributed by atoms with van der Waals surface area (Å²) in [7, 11) is 0. The number of rotatable bonds is 10. The molecule has 0 bridgehead atoms. The van der Waals surface area contributed by atoms with Gasteiger partial charge in [0.2, 0.25) is 0 Å². The Morgan fingerprint density at radius 3 is 0.963 bits per heavy atom. The Labute approximate surface area is 176 Å². The summed E-state index contributed by atoms with van der Waals surface area (Å²) >= 11 is 0. The summed E-state index contributed by atoms with van der Waals surface area (Å²) < 4.78 is 0. The van der Waals surface area contributed by atoms with Crippen LogP contribution in [0, 0.1) is 0 Å². The minimum Gasteiger partial charge on any atom is -1.00 e. The van der Waals surface area contributed by atoms with E-state index >= 15 is 0 Å². The van der Waals surface area contributed by atoms with Gasteiger partial charge in [-0.25, -0.2) is 9.59 Å². The minimum atomic E-state index is -2.20. The maximum absolute atomic E-state index is 10.1. The fourth-order valence-corrected chi connectivity index (χ4v) is 1.34. The van der Waals surface area contributed by atoms with Gasteiger partial charge in [-0.15, -0.1) is 0 Å².